The van der Waals surface area contributed by atoms with Gasteiger partial charge >= 0.3 is 0 Å². The molecule has 0 rings (SSSR count). The number of carbonyl (C=O) groups excluding carboxylic acids is 1. The Hall–Kier alpha value is -1.05. The van der Waals surface area contributed by atoms with Gasteiger partial charge in [0.2, 0.25) is 5.91 Å². The number of rotatable bonds is 6. The summed E-state index contributed by atoms with van der Waals surface area (Å²) in [5.74, 6) is 2.31. The first-order chi connectivity index (χ1) is 6.52. The number of amides is 1. The van der Waals surface area contributed by atoms with Gasteiger partial charge in [0.15, 0.2) is 0 Å². The predicted octanol–water partition coefficient (Wildman–Crippen LogP) is -0.250. The Morgan fingerprint density at radius 3 is 2.71 bits per heavy atom. The maximum absolute atomic E-state index is 11.3. The minimum atomic E-state index is -0.344. The van der Waals surface area contributed by atoms with Crippen LogP contribution in [0.2, 0.25) is 0 Å². The molecule has 0 saturated heterocycles. The second kappa shape index (κ2) is 6.41. The van der Waals surface area contributed by atoms with Crippen molar-refractivity contribution in [2.75, 3.05) is 26.8 Å². The molecule has 0 radical (unpaired) electrons. The summed E-state index contributed by atoms with van der Waals surface area (Å²) in [5, 5.41) is 5.63. The molecule has 0 aliphatic carbocycles. The van der Waals surface area contributed by atoms with Crippen LogP contribution in [0.25, 0.3) is 0 Å². The van der Waals surface area contributed by atoms with E-state index in [-0.39, 0.29) is 18.0 Å². The molecule has 14 heavy (non-hydrogen) atoms. The van der Waals surface area contributed by atoms with E-state index in [0.29, 0.717) is 13.2 Å². The average Bonchev–Trinajstić information content (AvgIpc) is 2.03. The summed E-state index contributed by atoms with van der Waals surface area (Å²) in [6.45, 7) is 4.91. The van der Waals surface area contributed by atoms with Gasteiger partial charge < -0.3 is 10.1 Å². The molecular formula is C10H18N2O2. The van der Waals surface area contributed by atoms with Crippen LogP contribution in [-0.4, -0.2) is 38.3 Å². The van der Waals surface area contributed by atoms with Crippen LogP contribution in [0, 0.1) is 12.3 Å². The van der Waals surface area contributed by atoms with E-state index in [0.717, 1.165) is 0 Å². The van der Waals surface area contributed by atoms with Crippen molar-refractivity contribution in [3.63, 3.8) is 0 Å². The van der Waals surface area contributed by atoms with Crippen molar-refractivity contribution in [1.82, 2.24) is 10.6 Å². The van der Waals surface area contributed by atoms with Gasteiger partial charge in [0.1, 0.15) is 0 Å². The van der Waals surface area contributed by atoms with Gasteiger partial charge in [-0.2, -0.15) is 0 Å². The molecule has 0 spiro atoms. The van der Waals surface area contributed by atoms with Crippen LogP contribution in [0.4, 0.5) is 0 Å². The molecule has 4 heteroatoms. The molecule has 0 atom stereocenters. The minimum Gasteiger partial charge on any atom is -0.382 e. The Morgan fingerprint density at radius 1 is 1.57 bits per heavy atom. The zero-order chi connectivity index (χ0) is 11.0. The number of nitrogens with one attached hydrogen (secondary N) is 2. The Balaban J connectivity index is 3.76. The van der Waals surface area contributed by atoms with Gasteiger partial charge in [0, 0.05) is 7.11 Å². The van der Waals surface area contributed by atoms with Crippen LogP contribution < -0.4 is 10.6 Å². The van der Waals surface area contributed by atoms with E-state index in [4.69, 9.17) is 11.2 Å². The lowest BCUT2D eigenvalue weighted by Crippen LogP contribution is -2.49. The lowest BCUT2D eigenvalue weighted by Gasteiger charge is -2.25. The van der Waals surface area contributed by atoms with E-state index in [2.05, 4.69) is 16.6 Å². The second-order valence-corrected chi connectivity index (χ2v) is 3.67. The van der Waals surface area contributed by atoms with Gasteiger partial charge in [0.05, 0.1) is 25.2 Å². The molecular weight excluding hydrogens is 180 g/mol. The lowest BCUT2D eigenvalue weighted by atomic mass is 10.1. The highest BCUT2D eigenvalue weighted by atomic mass is 16.5. The molecule has 1 amide bonds. The van der Waals surface area contributed by atoms with Crippen molar-refractivity contribution in [2.24, 2.45) is 0 Å². The number of methoxy groups -OCH3 is 1. The van der Waals surface area contributed by atoms with Crippen LogP contribution in [0.5, 0.6) is 0 Å². The summed E-state index contributed by atoms with van der Waals surface area (Å²) in [7, 11) is 1.60. The number of hydrogen-bond donors (Lipinski definition) is 2. The van der Waals surface area contributed by atoms with Crippen LogP contribution in [0.15, 0.2) is 0 Å². The minimum absolute atomic E-state index is 0.0812. The van der Waals surface area contributed by atoms with Gasteiger partial charge in [-0.15, -0.1) is 6.42 Å². The first-order valence-electron chi connectivity index (χ1n) is 4.46. The van der Waals surface area contributed by atoms with E-state index in [1.165, 1.54) is 0 Å². The third-order valence-electron chi connectivity index (χ3n) is 1.50. The van der Waals surface area contributed by atoms with Crippen LogP contribution in [0.1, 0.15) is 13.8 Å². The molecule has 0 fully saturated rings. The smallest absolute Gasteiger partial charge is 0.234 e. The van der Waals surface area contributed by atoms with Crippen molar-refractivity contribution in [3.05, 3.63) is 0 Å². The van der Waals surface area contributed by atoms with Gasteiger partial charge in [0.25, 0.3) is 0 Å². The van der Waals surface area contributed by atoms with Gasteiger partial charge in [-0.1, -0.05) is 5.92 Å². The molecule has 0 aromatic rings. The second-order valence-electron chi connectivity index (χ2n) is 3.67. The molecule has 2 N–H and O–H groups in total. The molecule has 4 nitrogen and oxygen atoms in total. The summed E-state index contributed by atoms with van der Waals surface area (Å²) in [6.07, 6.45) is 5.03. The highest BCUT2D eigenvalue weighted by Gasteiger charge is 2.19. The SMILES string of the molecule is C#CCNCC(=O)NC(C)(C)COC. The lowest BCUT2D eigenvalue weighted by molar-refractivity contribution is -0.122. The van der Waals surface area contributed by atoms with E-state index in [9.17, 15) is 4.79 Å². The summed E-state index contributed by atoms with van der Waals surface area (Å²) < 4.78 is 4.97. The fourth-order valence-electron chi connectivity index (χ4n) is 1.07. The third-order valence-corrected chi connectivity index (χ3v) is 1.50. The van der Waals surface area contributed by atoms with Crippen LogP contribution >= 0.6 is 0 Å². The van der Waals surface area contributed by atoms with E-state index in [1.54, 1.807) is 7.11 Å². The van der Waals surface area contributed by atoms with Crippen molar-refractivity contribution in [1.29, 1.82) is 0 Å². The van der Waals surface area contributed by atoms with E-state index >= 15 is 0 Å². The van der Waals surface area contributed by atoms with Crippen molar-refractivity contribution < 1.29 is 9.53 Å². The monoisotopic (exact) mass is 198 g/mol. The first-order valence-corrected chi connectivity index (χ1v) is 4.46. The standard InChI is InChI=1S/C10H18N2O2/c1-5-6-11-7-9(13)12-10(2,3)8-14-4/h1,11H,6-8H2,2-4H3,(H,12,13). The highest BCUT2D eigenvalue weighted by Crippen LogP contribution is 2.00. The molecule has 0 aliphatic heterocycles. The number of hydrogen-bond acceptors (Lipinski definition) is 3. The Labute approximate surface area is 85.4 Å². The zero-order valence-electron chi connectivity index (χ0n) is 9.02. The number of carbonyl (C=O) groups is 1. The first kappa shape index (κ1) is 12.9. The van der Waals surface area contributed by atoms with E-state index < -0.39 is 0 Å². The normalized spacial score (nSPS) is 10.7. The molecule has 0 aromatic heterocycles. The maximum atomic E-state index is 11.3. The summed E-state index contributed by atoms with van der Waals surface area (Å²) >= 11 is 0. The summed E-state index contributed by atoms with van der Waals surface area (Å²) in [4.78, 5) is 11.3. The predicted molar refractivity (Wildman–Crippen MR) is 55.8 cm³/mol. The van der Waals surface area contributed by atoms with Gasteiger partial charge in [-0.05, 0) is 13.8 Å². The fraction of sp³-hybridized carbons (Fsp3) is 0.700. The van der Waals surface area contributed by atoms with Crippen molar-refractivity contribution in [2.45, 2.75) is 19.4 Å². The van der Waals surface area contributed by atoms with Crippen molar-refractivity contribution in [3.8, 4) is 12.3 Å². The maximum Gasteiger partial charge on any atom is 0.234 e. The molecule has 0 bridgehead atoms. The quantitative estimate of drug-likeness (QED) is 0.457. The number of ether oxygens (including phenoxy) is 1. The molecule has 0 heterocycles. The molecule has 0 aliphatic rings. The van der Waals surface area contributed by atoms with Crippen LogP contribution in [0.3, 0.4) is 0 Å². The molecule has 0 unspecified atom stereocenters. The third kappa shape index (κ3) is 6.46. The molecule has 80 valence electrons. The van der Waals surface area contributed by atoms with Crippen molar-refractivity contribution >= 4 is 5.91 Å². The summed E-state index contributed by atoms with van der Waals surface area (Å²) in [6, 6.07) is 0. The Bertz CT molecular complexity index is 219. The Morgan fingerprint density at radius 2 is 2.21 bits per heavy atom. The highest BCUT2D eigenvalue weighted by molar-refractivity contribution is 5.78. The topological polar surface area (TPSA) is 50.4 Å². The fourth-order valence-corrected chi connectivity index (χ4v) is 1.07. The zero-order valence-corrected chi connectivity index (χ0v) is 9.02. The van der Waals surface area contributed by atoms with Gasteiger partial charge in [-0.3, -0.25) is 10.1 Å². The average molecular weight is 198 g/mol. The largest absolute Gasteiger partial charge is 0.382 e. The van der Waals surface area contributed by atoms with E-state index in [1.807, 2.05) is 13.8 Å². The summed E-state index contributed by atoms with van der Waals surface area (Å²) in [5.41, 5.74) is -0.344. The van der Waals surface area contributed by atoms with Crippen LogP contribution in [-0.2, 0) is 9.53 Å². The number of terminal acetylenes is 1. The van der Waals surface area contributed by atoms with Gasteiger partial charge in [-0.25, -0.2) is 0 Å². The molecule has 0 saturated carbocycles. The Kier molecular flexibility index (Phi) is 5.93. The molecule has 0 aromatic carbocycles.